The van der Waals surface area contributed by atoms with Gasteiger partial charge in [0.15, 0.2) is 0 Å². The van der Waals surface area contributed by atoms with Gasteiger partial charge >= 0.3 is 5.97 Å². The standard InChI is InChI=1S/C15H16BrNO2S/c1-10(15(18)19)17(2)9-11-7-8-14(20-11)12-5-3-4-6-13(12)16/h3-8,10H,9H2,1-2H3,(H,18,19). The zero-order valence-corrected chi connectivity index (χ0v) is 13.7. The van der Waals surface area contributed by atoms with Crippen LogP contribution in [0.2, 0.25) is 0 Å². The molecule has 0 saturated carbocycles. The molecule has 0 aliphatic heterocycles. The molecule has 0 aliphatic carbocycles. The van der Waals surface area contributed by atoms with E-state index in [0.29, 0.717) is 6.54 Å². The average Bonchev–Trinajstić information content (AvgIpc) is 2.86. The van der Waals surface area contributed by atoms with Crippen molar-refractivity contribution in [1.82, 2.24) is 4.90 Å². The Labute approximate surface area is 131 Å². The highest BCUT2D eigenvalue weighted by Gasteiger charge is 2.17. The maximum Gasteiger partial charge on any atom is 0.320 e. The lowest BCUT2D eigenvalue weighted by molar-refractivity contribution is -0.142. The van der Waals surface area contributed by atoms with Crippen LogP contribution in [0.15, 0.2) is 40.9 Å². The zero-order valence-electron chi connectivity index (χ0n) is 11.3. The van der Waals surface area contributed by atoms with E-state index in [0.717, 1.165) is 14.9 Å². The molecule has 1 aromatic carbocycles. The number of rotatable bonds is 5. The van der Waals surface area contributed by atoms with E-state index in [1.54, 1.807) is 18.3 Å². The second-order valence-electron chi connectivity index (χ2n) is 4.68. The molecule has 1 aromatic heterocycles. The lowest BCUT2D eigenvalue weighted by Crippen LogP contribution is -2.34. The van der Waals surface area contributed by atoms with Crippen LogP contribution < -0.4 is 0 Å². The van der Waals surface area contributed by atoms with Crippen LogP contribution in [0.3, 0.4) is 0 Å². The summed E-state index contributed by atoms with van der Waals surface area (Å²) in [4.78, 5) is 15.1. The Bertz CT molecular complexity index is 611. The van der Waals surface area contributed by atoms with Crippen molar-refractivity contribution < 1.29 is 9.90 Å². The Morgan fingerprint density at radius 1 is 1.35 bits per heavy atom. The molecule has 0 saturated heterocycles. The quantitative estimate of drug-likeness (QED) is 0.880. The molecule has 0 bridgehead atoms. The Balaban J connectivity index is 2.14. The van der Waals surface area contributed by atoms with Crippen molar-refractivity contribution in [3.63, 3.8) is 0 Å². The van der Waals surface area contributed by atoms with E-state index in [1.807, 2.05) is 30.1 Å². The van der Waals surface area contributed by atoms with E-state index in [2.05, 4.69) is 34.1 Å². The normalized spacial score (nSPS) is 12.6. The van der Waals surface area contributed by atoms with Gasteiger partial charge in [-0.2, -0.15) is 0 Å². The number of benzene rings is 1. The van der Waals surface area contributed by atoms with E-state index in [-0.39, 0.29) is 0 Å². The summed E-state index contributed by atoms with van der Waals surface area (Å²) in [5.74, 6) is -0.796. The maximum atomic E-state index is 11.0. The first-order valence-corrected chi connectivity index (χ1v) is 7.86. The third-order valence-corrected chi connectivity index (χ3v) is 5.02. The molecule has 106 valence electrons. The lowest BCUT2D eigenvalue weighted by atomic mass is 10.2. The van der Waals surface area contributed by atoms with Gasteiger partial charge in [0, 0.05) is 26.3 Å². The highest BCUT2D eigenvalue weighted by atomic mass is 79.9. The summed E-state index contributed by atoms with van der Waals surface area (Å²) < 4.78 is 1.07. The second kappa shape index (κ2) is 6.52. The number of carboxylic acid groups (broad SMARTS) is 1. The fourth-order valence-corrected chi connectivity index (χ4v) is 3.58. The number of aliphatic carboxylic acids is 1. The number of nitrogens with zero attached hydrogens (tertiary/aromatic N) is 1. The van der Waals surface area contributed by atoms with E-state index in [4.69, 9.17) is 5.11 Å². The van der Waals surface area contributed by atoms with Gasteiger partial charge in [0.25, 0.3) is 0 Å². The smallest absolute Gasteiger partial charge is 0.320 e. The van der Waals surface area contributed by atoms with E-state index in [1.165, 1.54) is 4.88 Å². The van der Waals surface area contributed by atoms with Gasteiger partial charge in [-0.25, -0.2) is 0 Å². The number of carboxylic acids is 1. The lowest BCUT2D eigenvalue weighted by Gasteiger charge is -2.19. The molecular formula is C15H16BrNO2S. The van der Waals surface area contributed by atoms with Gasteiger partial charge in [-0.1, -0.05) is 34.1 Å². The molecule has 0 fully saturated rings. The summed E-state index contributed by atoms with van der Waals surface area (Å²) >= 11 is 5.25. The molecule has 0 amide bonds. The van der Waals surface area contributed by atoms with Gasteiger partial charge < -0.3 is 5.11 Å². The molecule has 0 aliphatic rings. The number of halogens is 1. The minimum atomic E-state index is -0.796. The van der Waals surface area contributed by atoms with Crippen LogP contribution in [-0.4, -0.2) is 29.1 Å². The highest BCUT2D eigenvalue weighted by Crippen LogP contribution is 2.33. The van der Waals surface area contributed by atoms with Crippen LogP contribution in [0.1, 0.15) is 11.8 Å². The largest absolute Gasteiger partial charge is 0.480 e. The summed E-state index contributed by atoms with van der Waals surface area (Å²) in [6.07, 6.45) is 0. The Kier molecular flexibility index (Phi) is 4.96. The van der Waals surface area contributed by atoms with E-state index >= 15 is 0 Å². The number of likely N-dealkylation sites (N-methyl/N-ethyl adjacent to an activating group) is 1. The highest BCUT2D eigenvalue weighted by molar-refractivity contribution is 9.10. The van der Waals surface area contributed by atoms with Crippen molar-refractivity contribution in [3.8, 4) is 10.4 Å². The molecule has 2 aromatic rings. The van der Waals surface area contributed by atoms with Crippen molar-refractivity contribution >= 4 is 33.2 Å². The molecule has 5 heteroatoms. The monoisotopic (exact) mass is 353 g/mol. The van der Waals surface area contributed by atoms with Crippen LogP contribution >= 0.6 is 27.3 Å². The number of hydrogen-bond acceptors (Lipinski definition) is 3. The van der Waals surface area contributed by atoms with E-state index < -0.39 is 12.0 Å². The minimum Gasteiger partial charge on any atom is -0.480 e. The van der Waals surface area contributed by atoms with Crippen LogP contribution in [0.25, 0.3) is 10.4 Å². The summed E-state index contributed by atoms with van der Waals surface area (Å²) in [6, 6.07) is 11.8. The number of hydrogen-bond donors (Lipinski definition) is 1. The molecule has 0 radical (unpaired) electrons. The van der Waals surface area contributed by atoms with Crippen LogP contribution in [0, 0.1) is 0 Å². The van der Waals surface area contributed by atoms with Gasteiger partial charge in [-0.3, -0.25) is 9.69 Å². The third kappa shape index (κ3) is 3.48. The van der Waals surface area contributed by atoms with Crippen molar-refractivity contribution in [1.29, 1.82) is 0 Å². The van der Waals surface area contributed by atoms with Gasteiger partial charge in [0.1, 0.15) is 6.04 Å². The van der Waals surface area contributed by atoms with E-state index in [9.17, 15) is 4.79 Å². The first-order valence-electron chi connectivity index (χ1n) is 6.25. The van der Waals surface area contributed by atoms with Gasteiger partial charge in [-0.15, -0.1) is 11.3 Å². The zero-order chi connectivity index (χ0) is 14.7. The molecular weight excluding hydrogens is 338 g/mol. The Hall–Kier alpha value is -1.17. The Morgan fingerprint density at radius 3 is 2.70 bits per heavy atom. The first kappa shape index (κ1) is 15.2. The maximum absolute atomic E-state index is 11.0. The molecule has 1 atom stereocenters. The van der Waals surface area contributed by atoms with Crippen molar-refractivity contribution in [2.75, 3.05) is 7.05 Å². The third-order valence-electron chi connectivity index (χ3n) is 3.22. The van der Waals surface area contributed by atoms with Crippen LogP contribution in [0.4, 0.5) is 0 Å². The van der Waals surface area contributed by atoms with Crippen LogP contribution in [-0.2, 0) is 11.3 Å². The van der Waals surface area contributed by atoms with Crippen molar-refractivity contribution in [2.24, 2.45) is 0 Å². The number of thiophene rings is 1. The van der Waals surface area contributed by atoms with Gasteiger partial charge in [0.2, 0.25) is 0 Å². The topological polar surface area (TPSA) is 40.5 Å². The van der Waals surface area contributed by atoms with Gasteiger partial charge in [-0.05, 0) is 32.2 Å². The van der Waals surface area contributed by atoms with Crippen molar-refractivity contribution in [3.05, 3.63) is 45.7 Å². The summed E-state index contributed by atoms with van der Waals surface area (Å²) in [7, 11) is 1.83. The number of carbonyl (C=O) groups is 1. The SMILES string of the molecule is CC(C(=O)O)N(C)Cc1ccc(-c2ccccc2Br)s1. The summed E-state index contributed by atoms with van der Waals surface area (Å²) in [5.41, 5.74) is 1.16. The molecule has 3 nitrogen and oxygen atoms in total. The molecule has 20 heavy (non-hydrogen) atoms. The van der Waals surface area contributed by atoms with Gasteiger partial charge in [0.05, 0.1) is 0 Å². The molecule has 1 heterocycles. The fraction of sp³-hybridized carbons (Fsp3) is 0.267. The molecule has 1 N–H and O–H groups in total. The van der Waals surface area contributed by atoms with Crippen molar-refractivity contribution in [2.45, 2.75) is 19.5 Å². The Morgan fingerprint density at radius 2 is 2.05 bits per heavy atom. The molecule has 0 spiro atoms. The fourth-order valence-electron chi connectivity index (χ4n) is 1.84. The molecule has 2 rings (SSSR count). The average molecular weight is 354 g/mol. The molecule has 1 unspecified atom stereocenters. The minimum absolute atomic E-state index is 0.482. The predicted octanol–water partition coefficient (Wildman–Crippen LogP) is 4.08. The second-order valence-corrected chi connectivity index (χ2v) is 6.70. The summed E-state index contributed by atoms with van der Waals surface area (Å²) in [6.45, 7) is 2.34. The summed E-state index contributed by atoms with van der Waals surface area (Å²) in [5, 5.41) is 9.01. The first-order chi connectivity index (χ1) is 9.49. The van der Waals surface area contributed by atoms with Crippen LogP contribution in [0.5, 0.6) is 0 Å². The predicted molar refractivity (Wildman–Crippen MR) is 86.0 cm³/mol.